The second-order valence-corrected chi connectivity index (χ2v) is 5.12. The first kappa shape index (κ1) is 19.0. The minimum Gasteiger partial charge on any atom is -0.311 e. The third-order valence-electron chi connectivity index (χ3n) is 3.50. The molecule has 0 bridgehead atoms. The highest BCUT2D eigenvalue weighted by Gasteiger charge is 2.21. The maximum atomic E-state index is 5.96. The highest BCUT2D eigenvalue weighted by Crippen LogP contribution is 2.16. The van der Waals surface area contributed by atoms with Crippen LogP contribution in [0.2, 0.25) is 5.02 Å². The van der Waals surface area contributed by atoms with E-state index in [-0.39, 0.29) is 24.8 Å². The van der Waals surface area contributed by atoms with Gasteiger partial charge < -0.3 is 5.32 Å². The van der Waals surface area contributed by atoms with Crippen LogP contribution in [0.15, 0.2) is 24.3 Å². The lowest BCUT2D eigenvalue weighted by molar-refractivity contribution is 0.260. The van der Waals surface area contributed by atoms with Crippen LogP contribution in [-0.2, 0) is 6.54 Å². The molecular formula is C14H23Cl3N2. The number of benzene rings is 1. The molecule has 1 atom stereocenters. The summed E-state index contributed by atoms with van der Waals surface area (Å²) in [6.07, 6.45) is 2.67. The molecule has 1 heterocycles. The molecule has 5 heteroatoms. The van der Waals surface area contributed by atoms with Gasteiger partial charge in [-0.25, -0.2) is 0 Å². The lowest BCUT2D eigenvalue weighted by Crippen LogP contribution is -2.37. The van der Waals surface area contributed by atoms with E-state index in [4.69, 9.17) is 11.6 Å². The Labute approximate surface area is 133 Å². The van der Waals surface area contributed by atoms with Crippen molar-refractivity contribution in [3.8, 4) is 0 Å². The number of nitrogens with one attached hydrogen (secondary N) is 1. The van der Waals surface area contributed by atoms with E-state index in [1.54, 1.807) is 0 Å². The van der Waals surface area contributed by atoms with Gasteiger partial charge in [0, 0.05) is 24.2 Å². The molecule has 1 N–H and O–H groups in total. The molecule has 0 amide bonds. The van der Waals surface area contributed by atoms with E-state index in [2.05, 4.69) is 23.2 Å². The first-order valence-electron chi connectivity index (χ1n) is 6.49. The zero-order valence-corrected chi connectivity index (χ0v) is 13.7. The van der Waals surface area contributed by atoms with Crippen molar-refractivity contribution in [2.75, 3.05) is 19.6 Å². The molecule has 1 aliphatic heterocycles. The fourth-order valence-corrected chi connectivity index (χ4v) is 2.79. The fraction of sp³-hybridized carbons (Fsp3) is 0.571. The van der Waals surface area contributed by atoms with Gasteiger partial charge in [-0.05, 0) is 43.6 Å². The number of rotatable bonds is 5. The van der Waals surface area contributed by atoms with E-state index in [1.165, 1.54) is 31.5 Å². The largest absolute Gasteiger partial charge is 0.311 e. The molecule has 1 fully saturated rings. The minimum absolute atomic E-state index is 0. The van der Waals surface area contributed by atoms with Crippen LogP contribution < -0.4 is 5.32 Å². The highest BCUT2D eigenvalue weighted by molar-refractivity contribution is 6.30. The Morgan fingerprint density at radius 3 is 2.84 bits per heavy atom. The second-order valence-electron chi connectivity index (χ2n) is 4.69. The standard InChI is InChI=1S/C14H21ClN2.2ClH/c1-2-17-8-4-7-14(17)11-16-10-12-5-3-6-13(15)9-12;;/h3,5-6,9,14,16H,2,4,7-8,10-11H2,1H3;2*1H. The summed E-state index contributed by atoms with van der Waals surface area (Å²) in [6.45, 7) is 6.67. The molecule has 1 aromatic rings. The third kappa shape index (κ3) is 5.88. The lowest BCUT2D eigenvalue weighted by Gasteiger charge is -2.23. The number of hydrogen-bond donors (Lipinski definition) is 1. The maximum absolute atomic E-state index is 5.96. The Morgan fingerprint density at radius 2 is 2.16 bits per heavy atom. The van der Waals surface area contributed by atoms with Gasteiger partial charge in [0.2, 0.25) is 0 Å². The zero-order valence-electron chi connectivity index (χ0n) is 11.3. The number of halogens is 3. The minimum atomic E-state index is 0. The van der Waals surface area contributed by atoms with E-state index in [0.717, 1.165) is 24.2 Å². The van der Waals surface area contributed by atoms with Gasteiger partial charge in [-0.1, -0.05) is 30.7 Å². The summed E-state index contributed by atoms with van der Waals surface area (Å²) in [5.74, 6) is 0. The number of likely N-dealkylation sites (tertiary alicyclic amines) is 1. The first-order chi connectivity index (χ1) is 8.29. The van der Waals surface area contributed by atoms with Crippen molar-refractivity contribution in [1.29, 1.82) is 0 Å². The molecule has 0 aliphatic carbocycles. The molecule has 1 unspecified atom stereocenters. The smallest absolute Gasteiger partial charge is 0.0409 e. The number of nitrogens with zero attached hydrogens (tertiary/aromatic N) is 1. The van der Waals surface area contributed by atoms with E-state index >= 15 is 0 Å². The fourth-order valence-electron chi connectivity index (χ4n) is 2.57. The molecule has 0 saturated carbocycles. The summed E-state index contributed by atoms with van der Waals surface area (Å²) in [5.41, 5.74) is 1.26. The Bertz CT molecular complexity index is 360. The Kier molecular flexibility index (Phi) is 9.85. The predicted octanol–water partition coefficient (Wildman–Crippen LogP) is 3.76. The van der Waals surface area contributed by atoms with Crippen molar-refractivity contribution in [2.24, 2.45) is 0 Å². The molecule has 19 heavy (non-hydrogen) atoms. The summed E-state index contributed by atoms with van der Waals surface area (Å²) < 4.78 is 0. The topological polar surface area (TPSA) is 15.3 Å². The van der Waals surface area contributed by atoms with Crippen LogP contribution in [0.1, 0.15) is 25.3 Å². The summed E-state index contributed by atoms with van der Waals surface area (Å²) in [6, 6.07) is 8.79. The van der Waals surface area contributed by atoms with Crippen molar-refractivity contribution >= 4 is 36.4 Å². The summed E-state index contributed by atoms with van der Waals surface area (Å²) in [4.78, 5) is 2.56. The van der Waals surface area contributed by atoms with Crippen LogP contribution in [0.25, 0.3) is 0 Å². The van der Waals surface area contributed by atoms with Crippen molar-refractivity contribution in [2.45, 2.75) is 32.4 Å². The molecule has 1 aromatic carbocycles. The van der Waals surface area contributed by atoms with Crippen LogP contribution in [0.5, 0.6) is 0 Å². The van der Waals surface area contributed by atoms with Crippen molar-refractivity contribution in [1.82, 2.24) is 10.2 Å². The van der Waals surface area contributed by atoms with Crippen LogP contribution in [0, 0.1) is 0 Å². The zero-order chi connectivity index (χ0) is 12.1. The summed E-state index contributed by atoms with van der Waals surface area (Å²) >= 11 is 5.96. The molecule has 0 radical (unpaired) electrons. The van der Waals surface area contributed by atoms with Gasteiger partial charge in [-0.2, -0.15) is 0 Å². The van der Waals surface area contributed by atoms with Crippen molar-refractivity contribution in [3.63, 3.8) is 0 Å². The average Bonchev–Trinajstić information content (AvgIpc) is 2.77. The van der Waals surface area contributed by atoms with Crippen molar-refractivity contribution < 1.29 is 0 Å². The quantitative estimate of drug-likeness (QED) is 0.887. The molecule has 2 nitrogen and oxygen atoms in total. The second kappa shape index (κ2) is 9.84. The predicted molar refractivity (Wildman–Crippen MR) is 87.9 cm³/mol. The molecule has 2 rings (SSSR count). The molecular weight excluding hydrogens is 303 g/mol. The highest BCUT2D eigenvalue weighted by atomic mass is 35.5. The lowest BCUT2D eigenvalue weighted by atomic mass is 10.2. The normalized spacial score (nSPS) is 18.7. The molecule has 110 valence electrons. The van der Waals surface area contributed by atoms with Gasteiger partial charge in [0.1, 0.15) is 0 Å². The van der Waals surface area contributed by atoms with Crippen LogP contribution in [0.4, 0.5) is 0 Å². The van der Waals surface area contributed by atoms with Gasteiger partial charge in [0.25, 0.3) is 0 Å². The van der Waals surface area contributed by atoms with E-state index in [1.807, 2.05) is 18.2 Å². The average molecular weight is 326 g/mol. The van der Waals surface area contributed by atoms with Gasteiger partial charge in [-0.15, -0.1) is 24.8 Å². The van der Waals surface area contributed by atoms with Gasteiger partial charge in [0.05, 0.1) is 0 Å². The van der Waals surface area contributed by atoms with Gasteiger partial charge in [-0.3, -0.25) is 4.90 Å². The van der Waals surface area contributed by atoms with Crippen LogP contribution in [-0.4, -0.2) is 30.6 Å². The van der Waals surface area contributed by atoms with Crippen LogP contribution >= 0.6 is 36.4 Å². The summed E-state index contributed by atoms with van der Waals surface area (Å²) in [5, 5.41) is 4.35. The van der Waals surface area contributed by atoms with Crippen LogP contribution in [0.3, 0.4) is 0 Å². The van der Waals surface area contributed by atoms with E-state index in [0.29, 0.717) is 0 Å². The first-order valence-corrected chi connectivity index (χ1v) is 6.86. The molecule has 0 spiro atoms. The number of hydrogen-bond acceptors (Lipinski definition) is 2. The SMILES string of the molecule is CCN1CCCC1CNCc1cccc(Cl)c1.Cl.Cl. The molecule has 1 saturated heterocycles. The van der Waals surface area contributed by atoms with Gasteiger partial charge in [0.15, 0.2) is 0 Å². The molecule has 1 aliphatic rings. The van der Waals surface area contributed by atoms with E-state index < -0.39 is 0 Å². The van der Waals surface area contributed by atoms with E-state index in [9.17, 15) is 0 Å². The Morgan fingerprint density at radius 1 is 1.37 bits per heavy atom. The third-order valence-corrected chi connectivity index (χ3v) is 3.74. The Hall–Kier alpha value is 0.01000. The Balaban J connectivity index is 0.00000162. The van der Waals surface area contributed by atoms with Crippen molar-refractivity contribution in [3.05, 3.63) is 34.9 Å². The summed E-state index contributed by atoms with van der Waals surface area (Å²) in [7, 11) is 0. The number of likely N-dealkylation sites (N-methyl/N-ethyl adjacent to an activating group) is 1. The maximum Gasteiger partial charge on any atom is 0.0409 e. The van der Waals surface area contributed by atoms with Gasteiger partial charge >= 0.3 is 0 Å². The molecule has 0 aromatic heterocycles. The monoisotopic (exact) mass is 324 g/mol.